The molecule has 0 bridgehead atoms. The van der Waals surface area contributed by atoms with Gasteiger partial charge in [0.15, 0.2) is 0 Å². The molecular weight excluding hydrogens is 312 g/mol. The predicted octanol–water partition coefficient (Wildman–Crippen LogP) is 3.90. The fraction of sp³-hybridized carbons (Fsp3) is 0.0909. The molecule has 0 radical (unpaired) electrons. The van der Waals surface area contributed by atoms with Crippen LogP contribution >= 0.6 is 34.8 Å². The van der Waals surface area contributed by atoms with Gasteiger partial charge in [0.2, 0.25) is 3.79 Å². The molecule has 0 saturated heterocycles. The molecule has 2 aromatic heterocycles. The van der Waals surface area contributed by atoms with Crippen LogP contribution in [0.2, 0.25) is 0 Å². The maximum Gasteiger partial charge on any atom is 0.363 e. The first kappa shape index (κ1) is 15.6. The van der Waals surface area contributed by atoms with Crippen molar-refractivity contribution in [2.24, 2.45) is 0 Å². The SMILES string of the molecule is ClC(Cl)(Cl)c1ccccn1.O=[N+]([O-])c1ccccn1. The lowest BCUT2D eigenvalue weighted by Crippen LogP contribution is -2.01. The number of pyridine rings is 2. The largest absolute Gasteiger partial charge is 0.363 e. The Morgan fingerprint density at radius 3 is 1.84 bits per heavy atom. The van der Waals surface area contributed by atoms with Gasteiger partial charge in [0.25, 0.3) is 0 Å². The second-order valence-corrected chi connectivity index (χ2v) is 5.44. The molecule has 100 valence electrons. The molecule has 0 fully saturated rings. The van der Waals surface area contributed by atoms with Gasteiger partial charge >= 0.3 is 5.82 Å². The smallest absolute Gasteiger partial charge is 0.358 e. The summed E-state index contributed by atoms with van der Waals surface area (Å²) in [6, 6.07) is 9.75. The lowest BCUT2D eigenvalue weighted by molar-refractivity contribution is -0.389. The first-order valence-electron chi connectivity index (χ1n) is 4.95. The standard InChI is InChI=1S/C6H4Cl3N.C5H4N2O2/c7-6(8,9)5-3-1-2-4-10-5;8-7(9)5-3-1-2-4-6-5/h1-4H;1-4H. The molecule has 0 aliphatic carbocycles. The van der Waals surface area contributed by atoms with E-state index >= 15 is 0 Å². The minimum absolute atomic E-state index is 0.113. The third-order valence-electron chi connectivity index (χ3n) is 1.79. The molecule has 19 heavy (non-hydrogen) atoms. The van der Waals surface area contributed by atoms with Gasteiger partial charge in [-0.1, -0.05) is 46.9 Å². The third-order valence-corrected chi connectivity index (χ3v) is 2.37. The average Bonchev–Trinajstić information content (AvgIpc) is 2.40. The molecule has 0 spiro atoms. The highest BCUT2D eigenvalue weighted by Crippen LogP contribution is 2.36. The highest BCUT2D eigenvalue weighted by atomic mass is 35.6. The lowest BCUT2D eigenvalue weighted by Gasteiger charge is -2.07. The van der Waals surface area contributed by atoms with Crippen LogP contribution < -0.4 is 0 Å². The van der Waals surface area contributed by atoms with Crippen LogP contribution in [0, 0.1) is 10.1 Å². The van der Waals surface area contributed by atoms with Crippen LogP contribution in [0.4, 0.5) is 5.82 Å². The van der Waals surface area contributed by atoms with Crippen molar-refractivity contribution in [2.45, 2.75) is 3.79 Å². The molecular formula is C11H8Cl3N3O2. The zero-order chi connectivity index (χ0) is 14.3. The monoisotopic (exact) mass is 319 g/mol. The summed E-state index contributed by atoms with van der Waals surface area (Å²) in [5, 5.41) is 9.94. The average molecular weight is 321 g/mol. The summed E-state index contributed by atoms with van der Waals surface area (Å²) in [7, 11) is 0. The van der Waals surface area contributed by atoms with Crippen molar-refractivity contribution in [2.75, 3.05) is 0 Å². The highest BCUT2D eigenvalue weighted by molar-refractivity contribution is 6.66. The van der Waals surface area contributed by atoms with Crippen LogP contribution in [0.25, 0.3) is 0 Å². The molecule has 0 saturated carbocycles. The van der Waals surface area contributed by atoms with Crippen molar-refractivity contribution in [1.82, 2.24) is 9.97 Å². The number of nitro groups is 1. The summed E-state index contributed by atoms with van der Waals surface area (Å²) in [4.78, 5) is 16.7. The Morgan fingerprint density at radius 2 is 1.58 bits per heavy atom. The summed E-state index contributed by atoms with van der Waals surface area (Å²) >= 11 is 16.6. The van der Waals surface area contributed by atoms with E-state index in [2.05, 4.69) is 9.97 Å². The van der Waals surface area contributed by atoms with Crippen LogP contribution in [0.15, 0.2) is 48.8 Å². The Balaban J connectivity index is 0.000000191. The van der Waals surface area contributed by atoms with Crippen molar-refractivity contribution in [3.8, 4) is 0 Å². The van der Waals surface area contributed by atoms with E-state index in [1.807, 2.05) is 0 Å². The second kappa shape index (κ2) is 7.23. The molecule has 0 aliphatic rings. The molecule has 5 nitrogen and oxygen atoms in total. The first-order valence-corrected chi connectivity index (χ1v) is 6.08. The molecule has 0 unspecified atom stereocenters. The van der Waals surface area contributed by atoms with Crippen molar-refractivity contribution in [3.05, 3.63) is 64.6 Å². The van der Waals surface area contributed by atoms with Crippen molar-refractivity contribution < 1.29 is 4.92 Å². The Morgan fingerprint density at radius 1 is 1.00 bits per heavy atom. The molecule has 2 aromatic rings. The first-order chi connectivity index (χ1) is 8.91. The molecule has 0 atom stereocenters. The maximum absolute atomic E-state index is 9.94. The normalized spacial score (nSPS) is 10.3. The Kier molecular flexibility index (Phi) is 5.95. The zero-order valence-corrected chi connectivity index (χ0v) is 11.7. The van der Waals surface area contributed by atoms with Gasteiger partial charge in [0.1, 0.15) is 6.20 Å². The predicted molar refractivity (Wildman–Crippen MR) is 74.4 cm³/mol. The maximum atomic E-state index is 9.94. The highest BCUT2D eigenvalue weighted by Gasteiger charge is 2.23. The number of alkyl halides is 3. The Hall–Kier alpha value is -1.43. The zero-order valence-electron chi connectivity index (χ0n) is 9.41. The van der Waals surface area contributed by atoms with E-state index in [4.69, 9.17) is 34.8 Å². The van der Waals surface area contributed by atoms with Crippen LogP contribution in [-0.4, -0.2) is 14.9 Å². The number of aromatic nitrogens is 2. The topological polar surface area (TPSA) is 68.9 Å². The van der Waals surface area contributed by atoms with Gasteiger partial charge in [-0.15, -0.1) is 0 Å². The molecule has 0 aliphatic heterocycles. The van der Waals surface area contributed by atoms with Gasteiger partial charge in [0, 0.05) is 12.3 Å². The summed E-state index contributed by atoms with van der Waals surface area (Å²) in [6.07, 6.45) is 2.97. The number of rotatable bonds is 1. The molecule has 0 N–H and O–H groups in total. The summed E-state index contributed by atoms with van der Waals surface area (Å²) < 4.78 is -1.40. The minimum Gasteiger partial charge on any atom is -0.358 e. The summed E-state index contributed by atoms with van der Waals surface area (Å²) in [6.45, 7) is 0. The fourth-order valence-corrected chi connectivity index (χ4v) is 1.33. The third kappa shape index (κ3) is 5.83. The van der Waals surface area contributed by atoms with E-state index < -0.39 is 8.72 Å². The fourth-order valence-electron chi connectivity index (χ4n) is 0.992. The Labute approximate surface area is 124 Å². The van der Waals surface area contributed by atoms with E-state index in [-0.39, 0.29) is 5.82 Å². The van der Waals surface area contributed by atoms with Crippen LogP contribution in [0.5, 0.6) is 0 Å². The van der Waals surface area contributed by atoms with E-state index in [9.17, 15) is 10.1 Å². The number of halogens is 3. The molecule has 2 heterocycles. The number of hydrogen-bond acceptors (Lipinski definition) is 4. The van der Waals surface area contributed by atoms with Gasteiger partial charge in [0.05, 0.1) is 5.69 Å². The van der Waals surface area contributed by atoms with Gasteiger partial charge < -0.3 is 10.1 Å². The number of nitrogens with zero attached hydrogens (tertiary/aromatic N) is 3. The van der Waals surface area contributed by atoms with E-state index in [0.29, 0.717) is 5.69 Å². The van der Waals surface area contributed by atoms with Gasteiger partial charge in [-0.3, -0.25) is 4.98 Å². The number of hydrogen-bond donors (Lipinski definition) is 0. The van der Waals surface area contributed by atoms with E-state index in [1.54, 1.807) is 36.5 Å². The summed E-state index contributed by atoms with van der Waals surface area (Å²) in [5.41, 5.74) is 0.444. The van der Waals surface area contributed by atoms with Crippen molar-refractivity contribution in [1.29, 1.82) is 0 Å². The Bertz CT molecular complexity index is 518. The second-order valence-electron chi connectivity index (χ2n) is 3.16. The quantitative estimate of drug-likeness (QED) is 0.454. The minimum atomic E-state index is -1.40. The van der Waals surface area contributed by atoms with Crippen LogP contribution in [0.3, 0.4) is 0 Å². The van der Waals surface area contributed by atoms with Crippen molar-refractivity contribution in [3.63, 3.8) is 0 Å². The molecule has 0 aromatic carbocycles. The summed E-state index contributed by atoms with van der Waals surface area (Å²) in [5.74, 6) is -0.113. The van der Waals surface area contributed by atoms with Gasteiger partial charge in [-0.2, -0.15) is 0 Å². The van der Waals surface area contributed by atoms with Crippen LogP contribution in [-0.2, 0) is 3.79 Å². The van der Waals surface area contributed by atoms with Crippen LogP contribution in [0.1, 0.15) is 5.69 Å². The molecule has 8 heteroatoms. The van der Waals surface area contributed by atoms with Crippen molar-refractivity contribution >= 4 is 40.6 Å². The molecule has 0 amide bonds. The molecule has 2 rings (SSSR count). The van der Waals surface area contributed by atoms with E-state index in [0.717, 1.165) is 0 Å². The van der Waals surface area contributed by atoms with Gasteiger partial charge in [-0.05, 0) is 28.1 Å². The van der Waals surface area contributed by atoms with Gasteiger partial charge in [-0.25, -0.2) is 0 Å². The lowest BCUT2D eigenvalue weighted by atomic mass is 10.4. The van der Waals surface area contributed by atoms with E-state index in [1.165, 1.54) is 12.3 Å².